The Morgan fingerprint density at radius 2 is 1.70 bits per heavy atom. The van der Waals surface area contributed by atoms with E-state index in [0.29, 0.717) is 24.6 Å². The molecule has 1 saturated heterocycles. The Labute approximate surface area is 194 Å². The quantitative estimate of drug-likeness (QED) is 0.393. The van der Waals surface area contributed by atoms with Gasteiger partial charge in [-0.3, -0.25) is 9.80 Å². The van der Waals surface area contributed by atoms with Crippen LogP contribution < -0.4 is 4.74 Å². The first-order valence-electron chi connectivity index (χ1n) is 10.5. The van der Waals surface area contributed by atoms with Gasteiger partial charge < -0.3 is 4.74 Å². The van der Waals surface area contributed by atoms with Crippen LogP contribution in [0.5, 0.6) is 11.5 Å². The van der Waals surface area contributed by atoms with Crippen molar-refractivity contribution in [3.05, 3.63) is 95.6 Å². The Balaban J connectivity index is 1.56. The van der Waals surface area contributed by atoms with Crippen molar-refractivity contribution in [2.45, 2.75) is 25.0 Å². The number of amides is 1. The number of carbonyl (C=O) groups excluding carboxylic acids is 1. The lowest BCUT2D eigenvalue weighted by molar-refractivity contribution is -0.147. The first-order chi connectivity index (χ1) is 15.8. The van der Waals surface area contributed by atoms with Crippen molar-refractivity contribution >= 4 is 17.7 Å². The highest BCUT2D eigenvalue weighted by Crippen LogP contribution is 2.41. The summed E-state index contributed by atoms with van der Waals surface area (Å²) in [7, 11) is 0. The molecule has 33 heavy (non-hydrogen) atoms. The molecule has 0 radical (unpaired) electrons. The number of benzene rings is 3. The maximum Gasteiger partial charge on any atom is 0.416 e. The maximum absolute atomic E-state index is 13.0. The Morgan fingerprint density at radius 1 is 1.00 bits per heavy atom. The molecular weight excluding hydrogens is 449 g/mol. The molecule has 8 heteroatoms. The minimum absolute atomic E-state index is 0.0204. The van der Waals surface area contributed by atoms with E-state index in [1.165, 1.54) is 23.9 Å². The first-order valence-corrected chi connectivity index (χ1v) is 11.6. The minimum Gasteiger partial charge on any atom is -0.457 e. The van der Waals surface area contributed by atoms with Gasteiger partial charge in [-0.05, 0) is 41.5 Å². The standard InChI is InChI=1S/C25H23F3N2O2S/c1-2-29(16-18-8-4-3-5-9-18)30-23(31)17-33-24(30)19-10-6-12-21(14-19)32-22-13-7-11-20(15-22)25(26,27)28/h3-15,24H,2,16-17H2,1H3. The van der Waals surface area contributed by atoms with Gasteiger partial charge in [-0.25, -0.2) is 5.01 Å². The summed E-state index contributed by atoms with van der Waals surface area (Å²) in [5.74, 6) is 0.896. The SMILES string of the molecule is CCN(Cc1ccccc1)N1C(=O)CSC1c1cccc(Oc2cccc(C(F)(F)F)c2)c1. The van der Waals surface area contributed by atoms with Crippen molar-refractivity contribution < 1.29 is 22.7 Å². The van der Waals surface area contributed by atoms with E-state index in [1.54, 1.807) is 23.2 Å². The third-order valence-corrected chi connectivity index (χ3v) is 6.46. The molecule has 0 aliphatic carbocycles. The molecule has 172 valence electrons. The van der Waals surface area contributed by atoms with Crippen molar-refractivity contribution in [2.24, 2.45) is 0 Å². The van der Waals surface area contributed by atoms with Crippen LogP contribution in [0.25, 0.3) is 0 Å². The molecule has 1 amide bonds. The molecule has 1 unspecified atom stereocenters. The lowest BCUT2D eigenvalue weighted by Crippen LogP contribution is -2.44. The zero-order valence-electron chi connectivity index (χ0n) is 18.0. The number of hydrogen-bond donors (Lipinski definition) is 0. The van der Waals surface area contributed by atoms with Crippen LogP contribution in [0.4, 0.5) is 13.2 Å². The van der Waals surface area contributed by atoms with Gasteiger partial charge in [-0.1, -0.05) is 55.5 Å². The highest BCUT2D eigenvalue weighted by molar-refractivity contribution is 8.00. The lowest BCUT2D eigenvalue weighted by atomic mass is 10.2. The van der Waals surface area contributed by atoms with E-state index in [-0.39, 0.29) is 17.0 Å². The van der Waals surface area contributed by atoms with Gasteiger partial charge >= 0.3 is 6.18 Å². The number of nitrogens with zero attached hydrogens (tertiary/aromatic N) is 2. The number of carbonyl (C=O) groups is 1. The highest BCUT2D eigenvalue weighted by Gasteiger charge is 2.37. The first kappa shape index (κ1) is 23.2. The van der Waals surface area contributed by atoms with Gasteiger partial charge in [0.15, 0.2) is 0 Å². The molecule has 0 saturated carbocycles. The summed E-state index contributed by atoms with van der Waals surface area (Å²) in [4.78, 5) is 12.8. The predicted molar refractivity (Wildman–Crippen MR) is 123 cm³/mol. The van der Waals surface area contributed by atoms with Gasteiger partial charge in [0.1, 0.15) is 16.9 Å². The van der Waals surface area contributed by atoms with Crippen LogP contribution in [0.1, 0.15) is 29.0 Å². The maximum atomic E-state index is 13.0. The van der Waals surface area contributed by atoms with Gasteiger partial charge in [0.05, 0.1) is 11.3 Å². The Bertz CT molecular complexity index is 1110. The summed E-state index contributed by atoms with van der Waals surface area (Å²) >= 11 is 1.52. The van der Waals surface area contributed by atoms with Crippen LogP contribution >= 0.6 is 11.8 Å². The largest absolute Gasteiger partial charge is 0.457 e. The van der Waals surface area contributed by atoms with Crippen molar-refractivity contribution in [1.82, 2.24) is 10.0 Å². The molecule has 1 aliphatic heterocycles. The van der Waals surface area contributed by atoms with Crippen molar-refractivity contribution in [3.63, 3.8) is 0 Å². The number of hydrazine groups is 1. The molecule has 4 nitrogen and oxygen atoms in total. The Kier molecular flexibility index (Phi) is 6.95. The molecule has 0 aromatic heterocycles. The second kappa shape index (κ2) is 9.89. The fraction of sp³-hybridized carbons (Fsp3) is 0.240. The van der Waals surface area contributed by atoms with Crippen molar-refractivity contribution in [2.75, 3.05) is 12.3 Å². The van der Waals surface area contributed by atoms with E-state index < -0.39 is 11.7 Å². The number of rotatable bonds is 7. The third kappa shape index (κ3) is 5.51. The van der Waals surface area contributed by atoms with E-state index in [9.17, 15) is 18.0 Å². The van der Waals surface area contributed by atoms with E-state index >= 15 is 0 Å². The summed E-state index contributed by atoms with van der Waals surface area (Å²) < 4.78 is 44.8. The van der Waals surface area contributed by atoms with Gasteiger partial charge in [-0.15, -0.1) is 11.8 Å². The molecule has 1 aliphatic rings. The van der Waals surface area contributed by atoms with Crippen LogP contribution in [-0.2, 0) is 17.5 Å². The summed E-state index contributed by atoms with van der Waals surface area (Å²) in [6.07, 6.45) is -4.44. The zero-order chi connectivity index (χ0) is 23.4. The van der Waals surface area contributed by atoms with E-state index in [2.05, 4.69) is 0 Å². The van der Waals surface area contributed by atoms with E-state index in [4.69, 9.17) is 4.74 Å². The van der Waals surface area contributed by atoms with Crippen molar-refractivity contribution in [3.8, 4) is 11.5 Å². The Hall–Kier alpha value is -2.97. The summed E-state index contributed by atoms with van der Waals surface area (Å²) in [5, 5.41) is 3.55. The third-order valence-electron chi connectivity index (χ3n) is 5.26. The Morgan fingerprint density at radius 3 is 2.39 bits per heavy atom. The van der Waals surface area contributed by atoms with Crippen LogP contribution in [0.2, 0.25) is 0 Å². The molecule has 4 rings (SSSR count). The predicted octanol–water partition coefficient (Wildman–Crippen LogP) is 6.51. The minimum atomic E-state index is -4.44. The number of halogens is 3. The smallest absolute Gasteiger partial charge is 0.416 e. The second-order valence-electron chi connectivity index (χ2n) is 7.57. The van der Waals surface area contributed by atoms with E-state index in [0.717, 1.165) is 23.3 Å². The van der Waals surface area contributed by atoms with Crippen LogP contribution in [0, 0.1) is 0 Å². The molecule has 0 N–H and O–H groups in total. The topological polar surface area (TPSA) is 32.8 Å². The molecule has 3 aromatic rings. The second-order valence-corrected chi connectivity index (χ2v) is 8.64. The van der Waals surface area contributed by atoms with Gasteiger partial charge in [0.25, 0.3) is 0 Å². The number of ether oxygens (including phenoxy) is 1. The normalized spacial score (nSPS) is 16.5. The fourth-order valence-electron chi connectivity index (χ4n) is 3.70. The highest BCUT2D eigenvalue weighted by atomic mass is 32.2. The van der Waals surface area contributed by atoms with Crippen molar-refractivity contribution in [1.29, 1.82) is 0 Å². The monoisotopic (exact) mass is 472 g/mol. The fourth-order valence-corrected chi connectivity index (χ4v) is 4.86. The van der Waals surface area contributed by atoms with Gasteiger partial charge in [0.2, 0.25) is 5.91 Å². The molecule has 0 spiro atoms. The summed E-state index contributed by atoms with van der Waals surface area (Å²) in [6, 6.07) is 21.9. The van der Waals surface area contributed by atoms with Crippen LogP contribution in [-0.4, -0.2) is 28.2 Å². The lowest BCUT2D eigenvalue weighted by Gasteiger charge is -2.35. The molecule has 0 bridgehead atoms. The molecule has 3 aromatic carbocycles. The number of thioether (sulfide) groups is 1. The molecule has 1 heterocycles. The number of hydrogen-bond acceptors (Lipinski definition) is 4. The molecule has 1 atom stereocenters. The molecular formula is C25H23F3N2O2S. The summed E-state index contributed by atoms with van der Waals surface area (Å²) in [6.45, 7) is 3.25. The van der Waals surface area contributed by atoms with Gasteiger partial charge in [0, 0.05) is 13.1 Å². The van der Waals surface area contributed by atoms with Crippen LogP contribution in [0.15, 0.2) is 78.9 Å². The summed E-state index contributed by atoms with van der Waals surface area (Å²) in [5.41, 5.74) is 1.19. The van der Waals surface area contributed by atoms with Gasteiger partial charge in [-0.2, -0.15) is 13.2 Å². The average molecular weight is 473 g/mol. The number of alkyl halides is 3. The van der Waals surface area contributed by atoms with E-state index in [1.807, 2.05) is 48.3 Å². The zero-order valence-corrected chi connectivity index (χ0v) is 18.8. The average Bonchev–Trinajstić information content (AvgIpc) is 3.19. The molecule has 1 fully saturated rings. The van der Waals surface area contributed by atoms with Crippen LogP contribution in [0.3, 0.4) is 0 Å².